The van der Waals surface area contributed by atoms with Gasteiger partial charge in [-0.2, -0.15) is 11.8 Å². The molecule has 120 valence electrons. The SMILES string of the molecule is O=C(NCCSCc1ccccc1)c1ccc([N+](=O)[O-])cc1Cl. The van der Waals surface area contributed by atoms with Crippen molar-refractivity contribution >= 4 is 35.0 Å². The van der Waals surface area contributed by atoms with Gasteiger partial charge in [-0.3, -0.25) is 14.9 Å². The standard InChI is InChI=1S/C16H15ClN2O3S/c17-15-10-13(19(21)22)6-7-14(15)16(20)18-8-9-23-11-12-4-2-1-3-5-12/h1-7,10H,8-9,11H2,(H,18,20). The van der Waals surface area contributed by atoms with Crippen LogP contribution in [0.25, 0.3) is 0 Å². The van der Waals surface area contributed by atoms with E-state index in [0.29, 0.717) is 6.54 Å². The van der Waals surface area contributed by atoms with E-state index in [9.17, 15) is 14.9 Å². The molecular formula is C16H15ClN2O3S. The summed E-state index contributed by atoms with van der Waals surface area (Å²) in [7, 11) is 0. The second-order valence-corrected chi connectivity index (χ2v) is 6.23. The molecule has 5 nitrogen and oxygen atoms in total. The summed E-state index contributed by atoms with van der Waals surface area (Å²) >= 11 is 7.64. The average Bonchev–Trinajstić information content (AvgIpc) is 2.55. The minimum atomic E-state index is -0.548. The zero-order chi connectivity index (χ0) is 16.7. The van der Waals surface area contributed by atoms with Crippen molar-refractivity contribution in [2.75, 3.05) is 12.3 Å². The van der Waals surface area contributed by atoms with Crippen molar-refractivity contribution in [3.63, 3.8) is 0 Å². The Bertz CT molecular complexity index is 695. The van der Waals surface area contributed by atoms with Gasteiger partial charge in [0.05, 0.1) is 15.5 Å². The van der Waals surface area contributed by atoms with Gasteiger partial charge in [0.2, 0.25) is 0 Å². The monoisotopic (exact) mass is 350 g/mol. The van der Waals surface area contributed by atoms with E-state index in [1.165, 1.54) is 23.8 Å². The maximum Gasteiger partial charge on any atom is 0.270 e. The van der Waals surface area contributed by atoms with Gasteiger partial charge < -0.3 is 5.32 Å². The van der Waals surface area contributed by atoms with Crippen molar-refractivity contribution in [2.45, 2.75) is 5.75 Å². The molecule has 0 atom stereocenters. The Morgan fingerprint density at radius 1 is 1.22 bits per heavy atom. The Morgan fingerprint density at radius 3 is 2.61 bits per heavy atom. The quantitative estimate of drug-likeness (QED) is 0.467. The average molecular weight is 351 g/mol. The molecule has 0 bridgehead atoms. The molecule has 0 fully saturated rings. The normalized spacial score (nSPS) is 10.3. The van der Waals surface area contributed by atoms with Crippen LogP contribution in [0.15, 0.2) is 48.5 Å². The minimum Gasteiger partial charge on any atom is -0.351 e. The lowest BCUT2D eigenvalue weighted by Gasteiger charge is -2.07. The fourth-order valence-electron chi connectivity index (χ4n) is 1.90. The summed E-state index contributed by atoms with van der Waals surface area (Å²) in [5.41, 5.74) is 1.34. The largest absolute Gasteiger partial charge is 0.351 e. The van der Waals surface area contributed by atoms with Crippen LogP contribution in [0.2, 0.25) is 5.02 Å². The highest BCUT2D eigenvalue weighted by Crippen LogP contribution is 2.22. The van der Waals surface area contributed by atoms with Crippen LogP contribution in [0, 0.1) is 10.1 Å². The first kappa shape index (κ1) is 17.3. The molecule has 1 amide bonds. The molecule has 0 aliphatic rings. The molecule has 0 saturated carbocycles. The van der Waals surface area contributed by atoms with Crippen LogP contribution in [0.3, 0.4) is 0 Å². The molecule has 0 unspecified atom stereocenters. The van der Waals surface area contributed by atoms with Gasteiger partial charge >= 0.3 is 0 Å². The second kappa shape index (κ2) is 8.55. The van der Waals surface area contributed by atoms with Crippen LogP contribution in [-0.4, -0.2) is 23.1 Å². The predicted octanol–water partition coefficient (Wildman–Crippen LogP) is 3.91. The van der Waals surface area contributed by atoms with E-state index < -0.39 is 4.92 Å². The molecular weight excluding hydrogens is 336 g/mol. The summed E-state index contributed by atoms with van der Waals surface area (Å²) in [6.45, 7) is 0.504. The van der Waals surface area contributed by atoms with Crippen molar-refractivity contribution in [3.05, 3.63) is 74.8 Å². The third-order valence-corrected chi connectivity index (χ3v) is 4.39. The molecule has 2 aromatic carbocycles. The number of rotatable bonds is 7. The van der Waals surface area contributed by atoms with Gasteiger partial charge in [0.25, 0.3) is 11.6 Å². The number of thioether (sulfide) groups is 1. The maximum absolute atomic E-state index is 12.0. The van der Waals surface area contributed by atoms with Crippen LogP contribution in [0.4, 0.5) is 5.69 Å². The summed E-state index contributed by atoms with van der Waals surface area (Å²) < 4.78 is 0. The van der Waals surface area contributed by atoms with E-state index in [1.54, 1.807) is 11.8 Å². The first-order valence-electron chi connectivity index (χ1n) is 6.92. The zero-order valence-electron chi connectivity index (χ0n) is 12.2. The number of halogens is 1. The third kappa shape index (κ3) is 5.26. The van der Waals surface area contributed by atoms with E-state index in [1.807, 2.05) is 18.2 Å². The highest BCUT2D eigenvalue weighted by atomic mass is 35.5. The molecule has 1 N–H and O–H groups in total. The molecule has 7 heteroatoms. The number of amides is 1. The maximum atomic E-state index is 12.0. The lowest BCUT2D eigenvalue weighted by Crippen LogP contribution is -2.26. The molecule has 0 aromatic heterocycles. The topological polar surface area (TPSA) is 72.2 Å². The zero-order valence-corrected chi connectivity index (χ0v) is 13.8. The number of nitrogens with zero attached hydrogens (tertiary/aromatic N) is 1. The van der Waals surface area contributed by atoms with Crippen LogP contribution in [0.1, 0.15) is 15.9 Å². The highest BCUT2D eigenvalue weighted by molar-refractivity contribution is 7.98. The van der Waals surface area contributed by atoms with Crippen LogP contribution in [0.5, 0.6) is 0 Å². The summed E-state index contributed by atoms with van der Waals surface area (Å²) in [6.07, 6.45) is 0. The second-order valence-electron chi connectivity index (χ2n) is 4.72. The van der Waals surface area contributed by atoms with Crippen molar-refractivity contribution in [2.24, 2.45) is 0 Å². The van der Waals surface area contributed by atoms with E-state index in [-0.39, 0.29) is 22.2 Å². The fraction of sp³-hybridized carbons (Fsp3) is 0.188. The number of carbonyl (C=O) groups excluding carboxylic acids is 1. The Balaban J connectivity index is 1.78. The summed E-state index contributed by atoms with van der Waals surface area (Å²) in [5, 5.41) is 13.5. The minimum absolute atomic E-state index is 0.0774. The molecule has 2 aromatic rings. The molecule has 0 saturated heterocycles. The van der Waals surface area contributed by atoms with E-state index in [4.69, 9.17) is 11.6 Å². The number of hydrogen-bond acceptors (Lipinski definition) is 4. The van der Waals surface area contributed by atoms with Gasteiger partial charge in [-0.25, -0.2) is 0 Å². The fourth-order valence-corrected chi connectivity index (χ4v) is 2.98. The van der Waals surface area contributed by atoms with E-state index in [2.05, 4.69) is 17.4 Å². The van der Waals surface area contributed by atoms with Crippen LogP contribution >= 0.6 is 23.4 Å². The van der Waals surface area contributed by atoms with Crippen molar-refractivity contribution in [1.82, 2.24) is 5.32 Å². The first-order valence-corrected chi connectivity index (χ1v) is 8.45. The summed E-state index contributed by atoms with van der Waals surface area (Å²) in [5.74, 6) is 1.32. The molecule has 23 heavy (non-hydrogen) atoms. The third-order valence-electron chi connectivity index (χ3n) is 3.05. The molecule has 0 aliphatic carbocycles. The highest BCUT2D eigenvalue weighted by Gasteiger charge is 2.14. The number of benzene rings is 2. The van der Waals surface area contributed by atoms with Crippen LogP contribution < -0.4 is 5.32 Å². The van der Waals surface area contributed by atoms with Crippen LogP contribution in [-0.2, 0) is 5.75 Å². The van der Waals surface area contributed by atoms with Crippen molar-refractivity contribution in [1.29, 1.82) is 0 Å². The van der Waals surface area contributed by atoms with Gasteiger partial charge in [0.15, 0.2) is 0 Å². The van der Waals surface area contributed by atoms with Gasteiger partial charge in [-0.15, -0.1) is 0 Å². The number of carbonyl (C=O) groups is 1. The smallest absolute Gasteiger partial charge is 0.270 e. The summed E-state index contributed by atoms with van der Waals surface area (Å²) in [6, 6.07) is 13.9. The van der Waals surface area contributed by atoms with Gasteiger partial charge in [0.1, 0.15) is 0 Å². The predicted molar refractivity (Wildman–Crippen MR) is 93.0 cm³/mol. The lowest BCUT2D eigenvalue weighted by atomic mass is 10.2. The Hall–Kier alpha value is -2.05. The van der Waals surface area contributed by atoms with Crippen molar-refractivity contribution < 1.29 is 9.72 Å². The Kier molecular flexibility index (Phi) is 6.43. The van der Waals surface area contributed by atoms with Crippen molar-refractivity contribution in [3.8, 4) is 0 Å². The number of nitro groups is 1. The summed E-state index contributed by atoms with van der Waals surface area (Å²) in [4.78, 5) is 22.1. The Labute approximate surface area is 143 Å². The van der Waals surface area contributed by atoms with Gasteiger partial charge in [-0.1, -0.05) is 41.9 Å². The van der Waals surface area contributed by atoms with Gasteiger partial charge in [0, 0.05) is 30.2 Å². The van der Waals surface area contributed by atoms with Gasteiger partial charge in [-0.05, 0) is 11.6 Å². The molecule has 0 radical (unpaired) electrons. The molecule has 0 spiro atoms. The number of hydrogen-bond donors (Lipinski definition) is 1. The Morgan fingerprint density at radius 2 is 1.96 bits per heavy atom. The first-order chi connectivity index (χ1) is 11.1. The van der Waals surface area contributed by atoms with E-state index in [0.717, 1.165) is 11.5 Å². The number of non-ortho nitro benzene ring substituents is 1. The molecule has 2 rings (SSSR count). The van der Waals surface area contributed by atoms with E-state index >= 15 is 0 Å². The number of nitro benzene ring substituents is 1. The molecule has 0 aliphatic heterocycles. The lowest BCUT2D eigenvalue weighted by molar-refractivity contribution is -0.384. The molecule has 0 heterocycles. The number of nitrogens with one attached hydrogen (secondary N) is 1.